The molecule has 1 rings (SSSR count). The average molecular weight is 261 g/mol. The molecule has 0 bridgehead atoms. The zero-order chi connectivity index (χ0) is 13.6. The summed E-state index contributed by atoms with van der Waals surface area (Å²) in [5.74, 6) is 0. The van der Waals surface area contributed by atoms with E-state index in [1.807, 2.05) is 12.3 Å². The van der Waals surface area contributed by atoms with Crippen molar-refractivity contribution < 1.29 is 0 Å². The molecule has 1 N–H and O–H groups in total. The Hall–Kier alpha value is -0.980. The molecule has 0 aromatic carbocycles. The molecule has 1 aliphatic heterocycles. The third kappa shape index (κ3) is 9.58. The SMILES string of the molecule is CCCCCCCCCCCCC1=CC=CC=CN1. The minimum Gasteiger partial charge on any atom is -0.365 e. The van der Waals surface area contributed by atoms with Crippen molar-refractivity contribution in [1.29, 1.82) is 0 Å². The minimum absolute atomic E-state index is 1.19. The molecule has 0 saturated carbocycles. The quantitative estimate of drug-likeness (QED) is 0.460. The molecule has 0 aromatic rings. The van der Waals surface area contributed by atoms with Crippen LogP contribution in [-0.2, 0) is 0 Å². The van der Waals surface area contributed by atoms with Crippen molar-refractivity contribution in [3.8, 4) is 0 Å². The molecule has 0 unspecified atom stereocenters. The Bertz CT molecular complexity index is 286. The molecule has 1 heteroatoms. The van der Waals surface area contributed by atoms with E-state index in [1.54, 1.807) is 0 Å². The lowest BCUT2D eigenvalue weighted by Crippen LogP contribution is -2.03. The van der Waals surface area contributed by atoms with E-state index in [1.165, 1.54) is 76.3 Å². The zero-order valence-corrected chi connectivity index (χ0v) is 12.7. The molecule has 0 fully saturated rings. The van der Waals surface area contributed by atoms with Crippen LogP contribution in [0, 0.1) is 0 Å². The molecule has 19 heavy (non-hydrogen) atoms. The number of hydrogen-bond acceptors (Lipinski definition) is 1. The van der Waals surface area contributed by atoms with E-state index in [4.69, 9.17) is 0 Å². The third-order valence-electron chi connectivity index (χ3n) is 3.68. The van der Waals surface area contributed by atoms with Gasteiger partial charge in [0.1, 0.15) is 0 Å². The van der Waals surface area contributed by atoms with Gasteiger partial charge in [-0.3, -0.25) is 0 Å². The number of hydrogen-bond donors (Lipinski definition) is 1. The van der Waals surface area contributed by atoms with Gasteiger partial charge in [-0.15, -0.1) is 0 Å². The molecule has 0 amide bonds. The maximum atomic E-state index is 3.33. The maximum absolute atomic E-state index is 3.33. The smallest absolute Gasteiger partial charge is 0.0146 e. The van der Waals surface area contributed by atoms with E-state index in [-0.39, 0.29) is 0 Å². The fraction of sp³-hybridized carbons (Fsp3) is 0.667. The second-order valence-electron chi connectivity index (χ2n) is 5.51. The van der Waals surface area contributed by atoms with Gasteiger partial charge in [-0.05, 0) is 25.0 Å². The summed E-state index contributed by atoms with van der Waals surface area (Å²) in [5.41, 5.74) is 1.35. The van der Waals surface area contributed by atoms with Crippen LogP contribution in [0.4, 0.5) is 0 Å². The molecule has 0 saturated heterocycles. The predicted molar refractivity (Wildman–Crippen MR) is 86.0 cm³/mol. The van der Waals surface area contributed by atoms with Crippen LogP contribution in [0.3, 0.4) is 0 Å². The van der Waals surface area contributed by atoms with Gasteiger partial charge in [0, 0.05) is 11.9 Å². The van der Waals surface area contributed by atoms with E-state index < -0.39 is 0 Å². The Morgan fingerprint density at radius 1 is 0.737 bits per heavy atom. The Balaban J connectivity index is 1.85. The Labute approximate surface area is 119 Å². The van der Waals surface area contributed by atoms with Crippen molar-refractivity contribution in [2.45, 2.75) is 77.6 Å². The summed E-state index contributed by atoms with van der Waals surface area (Å²) in [4.78, 5) is 0. The van der Waals surface area contributed by atoms with Gasteiger partial charge < -0.3 is 5.32 Å². The maximum Gasteiger partial charge on any atom is 0.0146 e. The highest BCUT2D eigenvalue weighted by Gasteiger charge is 1.96. The van der Waals surface area contributed by atoms with Crippen LogP contribution in [0.15, 0.2) is 36.2 Å². The monoisotopic (exact) mass is 261 g/mol. The number of nitrogens with one attached hydrogen (secondary N) is 1. The molecule has 1 nitrogen and oxygen atoms in total. The summed E-state index contributed by atoms with van der Waals surface area (Å²) in [7, 11) is 0. The topological polar surface area (TPSA) is 12.0 Å². The lowest BCUT2D eigenvalue weighted by atomic mass is 10.1. The summed E-state index contributed by atoms with van der Waals surface area (Å²) in [5, 5.41) is 3.33. The molecule has 108 valence electrons. The van der Waals surface area contributed by atoms with Gasteiger partial charge in [0.25, 0.3) is 0 Å². The molecule has 0 spiro atoms. The first-order valence-corrected chi connectivity index (χ1v) is 8.22. The van der Waals surface area contributed by atoms with Gasteiger partial charge >= 0.3 is 0 Å². The van der Waals surface area contributed by atoms with E-state index in [0.717, 1.165) is 0 Å². The van der Waals surface area contributed by atoms with Crippen LogP contribution in [0.25, 0.3) is 0 Å². The summed E-state index contributed by atoms with van der Waals surface area (Å²) in [6, 6.07) is 0. The van der Waals surface area contributed by atoms with Crippen LogP contribution >= 0.6 is 0 Å². The summed E-state index contributed by atoms with van der Waals surface area (Å²) in [6.45, 7) is 2.28. The van der Waals surface area contributed by atoms with Crippen LogP contribution < -0.4 is 5.32 Å². The summed E-state index contributed by atoms with van der Waals surface area (Å²) >= 11 is 0. The molecule has 0 aromatic heterocycles. The van der Waals surface area contributed by atoms with Crippen molar-refractivity contribution in [1.82, 2.24) is 5.32 Å². The van der Waals surface area contributed by atoms with Crippen LogP contribution in [0.2, 0.25) is 0 Å². The minimum atomic E-state index is 1.19. The molecule has 0 aliphatic carbocycles. The highest BCUT2D eigenvalue weighted by atomic mass is 14.8. The molecule has 0 radical (unpaired) electrons. The highest BCUT2D eigenvalue weighted by Crippen LogP contribution is 2.13. The molecular weight excluding hydrogens is 230 g/mol. The van der Waals surface area contributed by atoms with Gasteiger partial charge in [-0.1, -0.05) is 76.9 Å². The standard InChI is InChI=1S/C18H31N/c1-2-3-4-5-6-7-8-9-10-12-15-18-16-13-11-14-17-19-18/h11,13-14,16-17,19H,2-10,12,15H2,1H3. The predicted octanol–water partition coefficient (Wildman–Crippen LogP) is 5.85. The molecule has 1 aliphatic rings. The number of rotatable bonds is 11. The Kier molecular flexibility index (Phi) is 10.2. The zero-order valence-electron chi connectivity index (χ0n) is 12.7. The van der Waals surface area contributed by atoms with E-state index >= 15 is 0 Å². The first kappa shape index (κ1) is 16.1. The lowest BCUT2D eigenvalue weighted by molar-refractivity contribution is 0.554. The Morgan fingerprint density at radius 3 is 2.05 bits per heavy atom. The third-order valence-corrected chi connectivity index (χ3v) is 3.68. The van der Waals surface area contributed by atoms with Crippen molar-refractivity contribution in [3.63, 3.8) is 0 Å². The van der Waals surface area contributed by atoms with Gasteiger partial charge in [-0.2, -0.15) is 0 Å². The molecule has 0 atom stereocenters. The fourth-order valence-electron chi connectivity index (χ4n) is 2.45. The second-order valence-corrected chi connectivity index (χ2v) is 5.51. The fourth-order valence-corrected chi connectivity index (χ4v) is 2.45. The van der Waals surface area contributed by atoms with Gasteiger partial charge in [0.2, 0.25) is 0 Å². The second kappa shape index (κ2) is 12.1. The normalized spacial score (nSPS) is 14.1. The van der Waals surface area contributed by atoms with Crippen LogP contribution in [0.1, 0.15) is 77.6 Å². The van der Waals surface area contributed by atoms with E-state index in [9.17, 15) is 0 Å². The number of unbranched alkanes of at least 4 members (excludes halogenated alkanes) is 9. The number of allylic oxidation sites excluding steroid dienone is 5. The summed E-state index contributed by atoms with van der Waals surface area (Å²) < 4.78 is 0. The van der Waals surface area contributed by atoms with Crippen molar-refractivity contribution in [3.05, 3.63) is 36.2 Å². The average Bonchev–Trinajstić information content (AvgIpc) is 2.69. The summed E-state index contributed by atoms with van der Waals surface area (Å²) in [6.07, 6.45) is 25.7. The first-order chi connectivity index (χ1) is 9.43. The lowest BCUT2D eigenvalue weighted by Gasteiger charge is -2.06. The van der Waals surface area contributed by atoms with Gasteiger partial charge in [0.05, 0.1) is 0 Å². The first-order valence-electron chi connectivity index (χ1n) is 8.22. The molecule has 1 heterocycles. The van der Waals surface area contributed by atoms with Crippen LogP contribution in [-0.4, -0.2) is 0 Å². The van der Waals surface area contributed by atoms with Crippen molar-refractivity contribution in [2.75, 3.05) is 0 Å². The van der Waals surface area contributed by atoms with E-state index in [0.29, 0.717) is 0 Å². The van der Waals surface area contributed by atoms with Crippen molar-refractivity contribution >= 4 is 0 Å². The molecular formula is C18H31N. The largest absolute Gasteiger partial charge is 0.365 e. The van der Waals surface area contributed by atoms with Gasteiger partial charge in [0.15, 0.2) is 0 Å². The van der Waals surface area contributed by atoms with Gasteiger partial charge in [-0.25, -0.2) is 0 Å². The Morgan fingerprint density at radius 2 is 1.37 bits per heavy atom. The van der Waals surface area contributed by atoms with Crippen molar-refractivity contribution in [2.24, 2.45) is 0 Å². The van der Waals surface area contributed by atoms with Crippen LogP contribution in [0.5, 0.6) is 0 Å². The highest BCUT2D eigenvalue weighted by molar-refractivity contribution is 5.20. The van der Waals surface area contributed by atoms with E-state index in [2.05, 4.69) is 30.5 Å².